The number of hydrogen-bond donors (Lipinski definition) is 1. The van der Waals surface area contributed by atoms with E-state index in [-0.39, 0.29) is 0 Å². The lowest BCUT2D eigenvalue weighted by atomic mass is 9.95. The van der Waals surface area contributed by atoms with Gasteiger partial charge in [-0.1, -0.05) is 6.92 Å². The molecular weight excluding hydrogens is 232 g/mol. The van der Waals surface area contributed by atoms with Crippen LogP contribution in [0.5, 0.6) is 0 Å². The fraction of sp³-hybridized carbons (Fsp3) is 1.00. The molecule has 0 aliphatic carbocycles. The Labute approximate surface area is 111 Å². The molecule has 2 atom stereocenters. The lowest BCUT2D eigenvalue weighted by Gasteiger charge is -2.34. The third kappa shape index (κ3) is 6.66. The van der Waals surface area contributed by atoms with E-state index >= 15 is 0 Å². The maximum absolute atomic E-state index is 5.99. The summed E-state index contributed by atoms with van der Waals surface area (Å²) in [6.07, 6.45) is 1.10. The normalized spacial score (nSPS) is 25.5. The van der Waals surface area contributed by atoms with Gasteiger partial charge in [0, 0.05) is 26.2 Å². The Morgan fingerprint density at radius 2 is 1.78 bits per heavy atom. The molecule has 0 aromatic rings. The minimum absolute atomic E-state index is 0.372. The van der Waals surface area contributed by atoms with Gasteiger partial charge < -0.3 is 24.8 Å². The van der Waals surface area contributed by atoms with Crippen LogP contribution < -0.4 is 5.73 Å². The van der Waals surface area contributed by atoms with Crippen LogP contribution in [0.25, 0.3) is 0 Å². The molecule has 108 valence electrons. The smallest absolute Gasteiger partial charge is 0.0701 e. The summed E-state index contributed by atoms with van der Waals surface area (Å²) in [6, 6.07) is 0.372. The van der Waals surface area contributed by atoms with E-state index in [1.807, 2.05) is 0 Å². The molecule has 1 saturated heterocycles. The van der Waals surface area contributed by atoms with Crippen LogP contribution in [0.2, 0.25) is 0 Å². The van der Waals surface area contributed by atoms with Gasteiger partial charge in [0.2, 0.25) is 0 Å². The molecule has 0 amide bonds. The van der Waals surface area contributed by atoms with E-state index in [1.165, 1.54) is 0 Å². The lowest BCUT2D eigenvalue weighted by molar-refractivity contribution is 0.0163. The molecule has 0 bridgehead atoms. The lowest BCUT2D eigenvalue weighted by Crippen LogP contribution is -2.46. The molecule has 0 radical (unpaired) electrons. The zero-order valence-corrected chi connectivity index (χ0v) is 11.8. The topological polar surface area (TPSA) is 57.0 Å². The summed E-state index contributed by atoms with van der Waals surface area (Å²) in [6.45, 7) is 8.77. The van der Waals surface area contributed by atoms with Crippen molar-refractivity contribution in [3.63, 3.8) is 0 Å². The molecule has 1 aliphatic heterocycles. The van der Waals surface area contributed by atoms with Gasteiger partial charge >= 0.3 is 0 Å². The molecule has 5 heteroatoms. The maximum Gasteiger partial charge on any atom is 0.0701 e. The number of likely N-dealkylation sites (tertiary alicyclic amines) is 1. The summed E-state index contributed by atoms with van der Waals surface area (Å²) in [5, 5.41) is 0. The van der Waals surface area contributed by atoms with Crippen molar-refractivity contribution in [2.45, 2.75) is 19.4 Å². The number of methoxy groups -OCH3 is 1. The number of nitrogens with zero attached hydrogens (tertiary/aromatic N) is 1. The van der Waals surface area contributed by atoms with Crippen molar-refractivity contribution in [3.8, 4) is 0 Å². The largest absolute Gasteiger partial charge is 0.382 e. The van der Waals surface area contributed by atoms with E-state index in [0.717, 1.165) is 32.7 Å². The third-order valence-electron chi connectivity index (χ3n) is 3.41. The van der Waals surface area contributed by atoms with Crippen LogP contribution >= 0.6 is 0 Å². The van der Waals surface area contributed by atoms with Gasteiger partial charge in [0.05, 0.1) is 33.0 Å². The highest BCUT2D eigenvalue weighted by Crippen LogP contribution is 2.14. The van der Waals surface area contributed by atoms with E-state index in [9.17, 15) is 0 Å². The van der Waals surface area contributed by atoms with Crippen LogP contribution in [0.4, 0.5) is 0 Å². The van der Waals surface area contributed by atoms with E-state index in [0.29, 0.717) is 38.4 Å². The first-order valence-electron chi connectivity index (χ1n) is 6.86. The molecule has 18 heavy (non-hydrogen) atoms. The second kappa shape index (κ2) is 9.69. The number of nitrogens with two attached hydrogens (primary N) is 1. The number of piperidine rings is 1. The summed E-state index contributed by atoms with van der Waals surface area (Å²) >= 11 is 0. The number of hydrogen-bond acceptors (Lipinski definition) is 5. The zero-order valence-electron chi connectivity index (χ0n) is 11.8. The summed E-state index contributed by atoms with van der Waals surface area (Å²) in [4.78, 5) is 2.43. The first-order valence-corrected chi connectivity index (χ1v) is 6.86. The zero-order chi connectivity index (χ0) is 13.2. The summed E-state index contributed by atoms with van der Waals surface area (Å²) in [5.74, 6) is 0.594. The van der Waals surface area contributed by atoms with Crippen molar-refractivity contribution in [2.75, 3.05) is 59.8 Å². The highest BCUT2D eigenvalue weighted by molar-refractivity contribution is 4.79. The molecule has 0 aromatic carbocycles. The van der Waals surface area contributed by atoms with E-state index in [2.05, 4.69) is 11.8 Å². The van der Waals surface area contributed by atoms with Gasteiger partial charge in [-0.3, -0.25) is 0 Å². The van der Waals surface area contributed by atoms with Crippen molar-refractivity contribution >= 4 is 0 Å². The molecule has 0 spiro atoms. The first-order chi connectivity index (χ1) is 8.74. The fourth-order valence-corrected chi connectivity index (χ4v) is 2.11. The highest BCUT2D eigenvalue weighted by Gasteiger charge is 2.22. The summed E-state index contributed by atoms with van der Waals surface area (Å²) < 4.78 is 15.7. The van der Waals surface area contributed by atoms with E-state index in [1.54, 1.807) is 7.11 Å². The number of rotatable bonds is 9. The van der Waals surface area contributed by atoms with Gasteiger partial charge in [0.15, 0.2) is 0 Å². The quantitative estimate of drug-likeness (QED) is 0.606. The number of ether oxygens (including phenoxy) is 3. The molecule has 1 fully saturated rings. The van der Waals surface area contributed by atoms with Crippen LogP contribution in [0.1, 0.15) is 13.3 Å². The van der Waals surface area contributed by atoms with Crippen LogP contribution in [0, 0.1) is 5.92 Å². The van der Waals surface area contributed by atoms with Crippen molar-refractivity contribution in [1.29, 1.82) is 0 Å². The van der Waals surface area contributed by atoms with Gasteiger partial charge in [-0.15, -0.1) is 0 Å². The standard InChI is InChI=1S/C13H28N2O3/c1-12-11-15(4-3-13(12)14)5-6-17-9-10-18-8-7-16-2/h12-13H,3-11,14H2,1-2H3. The van der Waals surface area contributed by atoms with Gasteiger partial charge in [-0.2, -0.15) is 0 Å². The van der Waals surface area contributed by atoms with Crippen LogP contribution in [-0.2, 0) is 14.2 Å². The van der Waals surface area contributed by atoms with Crippen LogP contribution in [0.3, 0.4) is 0 Å². The highest BCUT2D eigenvalue weighted by atomic mass is 16.5. The monoisotopic (exact) mass is 260 g/mol. The van der Waals surface area contributed by atoms with Crippen LogP contribution in [-0.4, -0.2) is 70.7 Å². The average molecular weight is 260 g/mol. The third-order valence-corrected chi connectivity index (χ3v) is 3.41. The van der Waals surface area contributed by atoms with E-state index < -0.39 is 0 Å². The van der Waals surface area contributed by atoms with Gasteiger partial charge in [-0.25, -0.2) is 0 Å². The Morgan fingerprint density at radius 3 is 2.44 bits per heavy atom. The van der Waals surface area contributed by atoms with Crippen molar-refractivity contribution in [3.05, 3.63) is 0 Å². The Balaban J connectivity index is 1.89. The minimum Gasteiger partial charge on any atom is -0.382 e. The molecule has 1 aliphatic rings. The predicted molar refractivity (Wildman–Crippen MR) is 71.7 cm³/mol. The van der Waals surface area contributed by atoms with Gasteiger partial charge in [-0.05, 0) is 18.9 Å². The molecule has 0 saturated carbocycles. The fourth-order valence-electron chi connectivity index (χ4n) is 2.11. The second-order valence-electron chi connectivity index (χ2n) is 4.95. The predicted octanol–water partition coefficient (Wildman–Crippen LogP) is 0.335. The van der Waals surface area contributed by atoms with E-state index in [4.69, 9.17) is 19.9 Å². The second-order valence-corrected chi connectivity index (χ2v) is 4.95. The Bertz CT molecular complexity index is 205. The SMILES string of the molecule is COCCOCCOCCN1CCC(N)C(C)C1. The molecular formula is C13H28N2O3. The molecule has 1 heterocycles. The molecule has 0 aromatic heterocycles. The summed E-state index contributed by atoms with van der Waals surface area (Å²) in [5.41, 5.74) is 5.99. The molecule has 5 nitrogen and oxygen atoms in total. The van der Waals surface area contributed by atoms with Crippen molar-refractivity contribution in [2.24, 2.45) is 11.7 Å². The first kappa shape index (κ1) is 15.9. The average Bonchev–Trinajstić information content (AvgIpc) is 2.37. The Morgan fingerprint density at radius 1 is 1.11 bits per heavy atom. The Kier molecular flexibility index (Phi) is 8.54. The molecule has 2 N–H and O–H groups in total. The Hall–Kier alpha value is -0.200. The molecule has 1 rings (SSSR count). The van der Waals surface area contributed by atoms with Crippen molar-refractivity contribution < 1.29 is 14.2 Å². The van der Waals surface area contributed by atoms with Crippen molar-refractivity contribution in [1.82, 2.24) is 4.90 Å². The minimum atomic E-state index is 0.372. The maximum atomic E-state index is 5.99. The van der Waals surface area contributed by atoms with Gasteiger partial charge in [0.25, 0.3) is 0 Å². The van der Waals surface area contributed by atoms with Crippen LogP contribution in [0.15, 0.2) is 0 Å². The summed E-state index contributed by atoms with van der Waals surface area (Å²) in [7, 11) is 1.67. The van der Waals surface area contributed by atoms with Gasteiger partial charge in [0.1, 0.15) is 0 Å². The molecule has 2 unspecified atom stereocenters.